The number of fused-ring (bicyclic) bond motifs is 7. The number of carboxylic acid groups (broad SMARTS) is 1. The molecule has 7 nitrogen and oxygen atoms in total. The molecule has 1 amide bonds. The Bertz CT molecular complexity index is 1470. The third-order valence-corrected chi connectivity index (χ3v) is 17.0. The summed E-state index contributed by atoms with van der Waals surface area (Å²) in [6, 6.07) is 0. The van der Waals surface area contributed by atoms with E-state index in [-0.39, 0.29) is 51.4 Å². The summed E-state index contributed by atoms with van der Waals surface area (Å²) in [5.74, 6) is 1.31. The van der Waals surface area contributed by atoms with Gasteiger partial charge in [0.1, 0.15) is 6.10 Å². The fourth-order valence-corrected chi connectivity index (χ4v) is 13.6. The number of hydrogen-bond donors (Lipinski definition) is 1. The Balaban J connectivity index is 1.27. The van der Waals surface area contributed by atoms with Crippen molar-refractivity contribution in [3.63, 3.8) is 0 Å². The predicted octanol–water partition coefficient (Wildman–Crippen LogP) is 9.42. The van der Waals surface area contributed by atoms with E-state index in [9.17, 15) is 24.3 Å². The number of aliphatic carboxylic acids is 1. The van der Waals surface area contributed by atoms with Crippen molar-refractivity contribution >= 4 is 23.6 Å². The zero-order valence-electron chi connectivity index (χ0n) is 33.7. The molecule has 6 aliphatic rings. The van der Waals surface area contributed by atoms with Crippen LogP contribution < -0.4 is 0 Å². The molecule has 0 aromatic rings. The van der Waals surface area contributed by atoms with E-state index in [0.717, 1.165) is 76.5 Å². The van der Waals surface area contributed by atoms with Crippen molar-refractivity contribution in [1.29, 1.82) is 0 Å². The van der Waals surface area contributed by atoms with Gasteiger partial charge >= 0.3 is 11.9 Å². The van der Waals surface area contributed by atoms with E-state index in [1.165, 1.54) is 24.8 Å². The van der Waals surface area contributed by atoms with Crippen LogP contribution in [-0.4, -0.2) is 52.8 Å². The molecule has 0 aliphatic heterocycles. The lowest BCUT2D eigenvalue weighted by Crippen LogP contribution is -2.65. The van der Waals surface area contributed by atoms with Crippen LogP contribution in [0.3, 0.4) is 0 Å². The smallest absolute Gasteiger partial charge is 0.309 e. The minimum atomic E-state index is -1.15. The van der Waals surface area contributed by atoms with E-state index in [1.54, 1.807) is 20.8 Å². The number of carboxylic acids is 1. The molecule has 0 radical (unpaired) electrons. The van der Waals surface area contributed by atoms with Crippen molar-refractivity contribution in [2.75, 3.05) is 13.1 Å². The summed E-state index contributed by atoms with van der Waals surface area (Å²) in [4.78, 5) is 53.8. The molecule has 1 N–H and O–H groups in total. The van der Waals surface area contributed by atoms with Gasteiger partial charge in [0.2, 0.25) is 5.91 Å². The number of Topliss-reactive ketones (excluding diaryl/α,β-unsaturated/α-hetero) is 1. The highest BCUT2D eigenvalue weighted by atomic mass is 16.5. The fourth-order valence-electron chi connectivity index (χ4n) is 13.6. The van der Waals surface area contributed by atoms with Gasteiger partial charge in [-0.3, -0.25) is 19.2 Å². The van der Waals surface area contributed by atoms with Crippen LogP contribution >= 0.6 is 0 Å². The van der Waals surface area contributed by atoms with Gasteiger partial charge in [-0.15, -0.1) is 0 Å². The number of hydrogen-bond acceptors (Lipinski definition) is 5. The summed E-state index contributed by atoms with van der Waals surface area (Å²) < 4.78 is 6.18. The van der Waals surface area contributed by atoms with E-state index in [1.807, 2.05) is 0 Å². The lowest BCUT2D eigenvalue weighted by atomic mass is 9.33. The van der Waals surface area contributed by atoms with Crippen molar-refractivity contribution < 1.29 is 29.0 Å². The highest BCUT2D eigenvalue weighted by Gasteiger charge is 2.70. The number of rotatable bonds is 10. The lowest BCUT2D eigenvalue weighted by molar-refractivity contribution is -0.233. The van der Waals surface area contributed by atoms with E-state index in [2.05, 4.69) is 53.4 Å². The highest BCUT2D eigenvalue weighted by molar-refractivity contribution is 6.00. The van der Waals surface area contributed by atoms with Crippen LogP contribution in [0.25, 0.3) is 0 Å². The maximum absolute atomic E-state index is 14.1. The topological polar surface area (TPSA) is 101 Å². The van der Waals surface area contributed by atoms with Crippen molar-refractivity contribution in [2.24, 2.45) is 62.1 Å². The Morgan fingerprint density at radius 3 is 2.18 bits per heavy atom. The van der Waals surface area contributed by atoms with E-state index in [4.69, 9.17) is 4.74 Å². The molecule has 0 spiro atoms. The zero-order valence-corrected chi connectivity index (χ0v) is 33.7. The first-order valence-electron chi connectivity index (χ1n) is 20.6. The summed E-state index contributed by atoms with van der Waals surface area (Å²) in [6.45, 7) is 23.3. The quantitative estimate of drug-likeness (QED) is 0.227. The summed E-state index contributed by atoms with van der Waals surface area (Å²) in [5, 5.41) is 9.61. The molecule has 6 aliphatic carbocycles. The SMILES string of the molecule is CC(=O)N(CC[C@@]12CC[C@]3(C)[C@H](CCC4[C@@]5(C)CC[C@H](OC(=O)CC(C)(C)C(=O)O)C(C)(C)C5CC[C@]43C)C1=C(C(C)C)C(=O)C2)CC1CCC1. The first-order chi connectivity index (χ1) is 23.6. The lowest BCUT2D eigenvalue weighted by Gasteiger charge is -2.72. The summed E-state index contributed by atoms with van der Waals surface area (Å²) in [5.41, 5.74) is 1.42. The number of carbonyl (C=O) groups is 4. The van der Waals surface area contributed by atoms with Crippen molar-refractivity contribution in [1.82, 2.24) is 4.90 Å². The van der Waals surface area contributed by atoms with Crippen LogP contribution in [0.2, 0.25) is 0 Å². The monoisotopic (exact) mass is 708 g/mol. The van der Waals surface area contributed by atoms with E-state index >= 15 is 0 Å². The third-order valence-electron chi connectivity index (χ3n) is 17.0. The minimum absolute atomic E-state index is 0.0789. The minimum Gasteiger partial charge on any atom is -0.481 e. The van der Waals surface area contributed by atoms with Gasteiger partial charge in [0, 0.05) is 37.3 Å². The molecule has 0 aromatic heterocycles. The average molecular weight is 708 g/mol. The Kier molecular flexibility index (Phi) is 9.82. The number of esters is 1. The molecule has 286 valence electrons. The molecule has 5 fully saturated rings. The number of ketones is 1. The maximum Gasteiger partial charge on any atom is 0.309 e. The summed E-state index contributed by atoms with van der Waals surface area (Å²) in [7, 11) is 0. The highest BCUT2D eigenvalue weighted by Crippen LogP contribution is 2.77. The molecular weight excluding hydrogens is 638 g/mol. The second kappa shape index (κ2) is 13.0. The Morgan fingerprint density at radius 1 is 0.902 bits per heavy atom. The number of amides is 1. The van der Waals surface area contributed by atoms with Crippen LogP contribution in [0, 0.1) is 62.1 Å². The molecule has 6 rings (SSSR count). The van der Waals surface area contributed by atoms with Gasteiger partial charge in [-0.2, -0.15) is 0 Å². The first-order valence-corrected chi connectivity index (χ1v) is 20.6. The summed E-state index contributed by atoms with van der Waals surface area (Å²) >= 11 is 0. The Hall–Kier alpha value is -2.18. The summed E-state index contributed by atoms with van der Waals surface area (Å²) in [6.07, 6.45) is 13.4. The van der Waals surface area contributed by atoms with Gasteiger partial charge < -0.3 is 14.7 Å². The molecular formula is C44H69NO6. The van der Waals surface area contributed by atoms with Gasteiger partial charge in [0.05, 0.1) is 11.8 Å². The second-order valence-corrected chi connectivity index (χ2v) is 20.7. The molecule has 0 bridgehead atoms. The van der Waals surface area contributed by atoms with E-state index in [0.29, 0.717) is 35.9 Å². The van der Waals surface area contributed by atoms with Crippen molar-refractivity contribution in [3.05, 3.63) is 11.1 Å². The van der Waals surface area contributed by atoms with Crippen LogP contribution in [0.15, 0.2) is 11.1 Å². The first kappa shape index (κ1) is 38.5. The van der Waals surface area contributed by atoms with Gasteiger partial charge in [-0.05, 0) is 136 Å². The van der Waals surface area contributed by atoms with Crippen LogP contribution in [0.1, 0.15) is 159 Å². The largest absolute Gasteiger partial charge is 0.481 e. The number of carbonyl (C=O) groups excluding carboxylic acids is 3. The standard InChI is InChI=1S/C44H69NO6/c1-27(2)36-31(47)24-44(22-23-45(28(3)46)26-29-12-11-13-29)21-20-42(9)30(37(36)44)14-15-33-41(8)18-17-34(51-35(48)25-39(4,5)38(49)50)40(6,7)32(41)16-19-43(33,42)10/h27,29-30,32-34H,11-26H2,1-10H3,(H,49,50)/t30-,32?,33?,34+,41+,42-,43-,44-/m1/s1. The Labute approximate surface area is 308 Å². The van der Waals surface area contributed by atoms with E-state index < -0.39 is 17.4 Å². The van der Waals surface area contributed by atoms with Gasteiger partial charge in [-0.25, -0.2) is 0 Å². The third kappa shape index (κ3) is 6.05. The molecule has 0 heterocycles. The number of ether oxygens (including phenoxy) is 1. The second-order valence-electron chi connectivity index (χ2n) is 20.7. The van der Waals surface area contributed by atoms with Crippen LogP contribution in [0.4, 0.5) is 0 Å². The molecule has 7 heteroatoms. The van der Waals surface area contributed by atoms with Gasteiger partial charge in [-0.1, -0.05) is 60.5 Å². The Morgan fingerprint density at radius 2 is 1.59 bits per heavy atom. The van der Waals surface area contributed by atoms with Crippen molar-refractivity contribution in [3.8, 4) is 0 Å². The van der Waals surface area contributed by atoms with Crippen LogP contribution in [-0.2, 0) is 23.9 Å². The molecule has 8 atom stereocenters. The average Bonchev–Trinajstić information content (AvgIpc) is 3.29. The van der Waals surface area contributed by atoms with Gasteiger partial charge in [0.15, 0.2) is 5.78 Å². The van der Waals surface area contributed by atoms with Crippen molar-refractivity contribution in [2.45, 2.75) is 165 Å². The number of nitrogens with zero attached hydrogens (tertiary/aromatic N) is 1. The maximum atomic E-state index is 14.1. The van der Waals surface area contributed by atoms with Crippen LogP contribution in [0.5, 0.6) is 0 Å². The predicted molar refractivity (Wildman–Crippen MR) is 200 cm³/mol. The molecule has 2 unspecified atom stereocenters. The molecule has 51 heavy (non-hydrogen) atoms. The molecule has 5 saturated carbocycles. The van der Waals surface area contributed by atoms with Gasteiger partial charge in [0.25, 0.3) is 0 Å². The number of allylic oxidation sites excluding steroid dienone is 2. The fraction of sp³-hybridized carbons (Fsp3) is 0.864. The molecule has 0 aromatic carbocycles. The zero-order chi connectivity index (χ0) is 37.5. The molecule has 0 saturated heterocycles. The normalized spacial score (nSPS) is 39.0.